The van der Waals surface area contributed by atoms with E-state index >= 15 is 0 Å². The van der Waals surface area contributed by atoms with Gasteiger partial charge in [0.15, 0.2) is 0 Å². The fourth-order valence-corrected chi connectivity index (χ4v) is 1.97. The largest absolute Gasteiger partial charge is 0.334 e. The first-order chi connectivity index (χ1) is 8.63. The summed E-state index contributed by atoms with van der Waals surface area (Å²) in [6.45, 7) is 2.21. The van der Waals surface area contributed by atoms with Crippen LogP contribution in [-0.4, -0.2) is 22.9 Å². The van der Waals surface area contributed by atoms with Crippen LogP contribution in [0.2, 0.25) is 0 Å². The standard InChI is InChI=1S/C14H19FN2O.ClH/c1-2-13(16)14(18)17(11-7-8-11)9-10-5-3-4-6-12(10)15;/h3-6,11,13H,2,7-9,16H2,1H3;1H/t13-;/m0./s1. The Balaban J connectivity index is 0.00000180. The van der Waals surface area contributed by atoms with Crippen LogP contribution < -0.4 is 5.73 Å². The summed E-state index contributed by atoms with van der Waals surface area (Å²) < 4.78 is 13.6. The maximum absolute atomic E-state index is 13.6. The highest BCUT2D eigenvalue weighted by atomic mass is 35.5. The van der Waals surface area contributed by atoms with Crippen molar-refractivity contribution >= 4 is 18.3 Å². The summed E-state index contributed by atoms with van der Waals surface area (Å²) >= 11 is 0. The molecule has 0 radical (unpaired) electrons. The monoisotopic (exact) mass is 286 g/mol. The third-order valence-corrected chi connectivity index (χ3v) is 3.33. The van der Waals surface area contributed by atoms with Gasteiger partial charge in [0, 0.05) is 18.2 Å². The Kier molecular flexibility index (Phi) is 5.76. The molecule has 0 spiro atoms. The van der Waals surface area contributed by atoms with Gasteiger partial charge in [0.05, 0.1) is 6.04 Å². The molecule has 0 heterocycles. The first-order valence-corrected chi connectivity index (χ1v) is 6.43. The number of nitrogens with two attached hydrogens (primary N) is 1. The van der Waals surface area contributed by atoms with E-state index in [0.29, 0.717) is 18.5 Å². The van der Waals surface area contributed by atoms with Crippen LogP contribution in [-0.2, 0) is 11.3 Å². The number of nitrogens with zero attached hydrogens (tertiary/aromatic N) is 1. The minimum atomic E-state index is -0.475. The van der Waals surface area contributed by atoms with E-state index in [1.54, 1.807) is 23.1 Å². The molecule has 1 aliphatic rings. The molecule has 0 aromatic heterocycles. The number of carbonyl (C=O) groups is 1. The Morgan fingerprint density at radius 1 is 1.47 bits per heavy atom. The Morgan fingerprint density at radius 3 is 2.63 bits per heavy atom. The first-order valence-electron chi connectivity index (χ1n) is 6.43. The van der Waals surface area contributed by atoms with Gasteiger partial charge >= 0.3 is 0 Å². The van der Waals surface area contributed by atoms with E-state index in [0.717, 1.165) is 12.8 Å². The fourth-order valence-electron chi connectivity index (χ4n) is 1.97. The zero-order chi connectivity index (χ0) is 13.1. The molecule has 2 rings (SSSR count). The van der Waals surface area contributed by atoms with Gasteiger partial charge in [-0.1, -0.05) is 25.1 Å². The average molecular weight is 287 g/mol. The lowest BCUT2D eigenvalue weighted by Gasteiger charge is -2.25. The Hall–Kier alpha value is -1.13. The van der Waals surface area contributed by atoms with Crippen LogP contribution in [0, 0.1) is 5.82 Å². The lowest BCUT2D eigenvalue weighted by molar-refractivity contribution is -0.133. The van der Waals surface area contributed by atoms with E-state index in [1.165, 1.54) is 6.07 Å². The second-order valence-electron chi connectivity index (χ2n) is 4.80. The van der Waals surface area contributed by atoms with Crippen molar-refractivity contribution in [1.29, 1.82) is 0 Å². The van der Waals surface area contributed by atoms with Gasteiger partial charge in [0.2, 0.25) is 5.91 Å². The second kappa shape index (κ2) is 6.87. The lowest BCUT2D eigenvalue weighted by Crippen LogP contribution is -2.44. The fraction of sp³-hybridized carbons (Fsp3) is 0.500. The number of halogens is 2. The van der Waals surface area contributed by atoms with Crippen molar-refractivity contribution in [2.45, 2.75) is 44.8 Å². The normalized spacial score (nSPS) is 15.5. The van der Waals surface area contributed by atoms with Crippen molar-refractivity contribution in [3.63, 3.8) is 0 Å². The molecule has 1 aliphatic carbocycles. The van der Waals surface area contributed by atoms with E-state index in [4.69, 9.17) is 5.73 Å². The van der Waals surface area contributed by atoms with Crippen molar-refractivity contribution in [2.75, 3.05) is 0 Å². The quantitative estimate of drug-likeness (QED) is 0.904. The highest BCUT2D eigenvalue weighted by Gasteiger charge is 2.34. The summed E-state index contributed by atoms with van der Waals surface area (Å²) in [6.07, 6.45) is 2.60. The number of carbonyl (C=O) groups excluding carboxylic acids is 1. The van der Waals surface area contributed by atoms with Crippen LogP contribution in [0.1, 0.15) is 31.7 Å². The van der Waals surface area contributed by atoms with Crippen LogP contribution in [0.3, 0.4) is 0 Å². The van der Waals surface area contributed by atoms with Crippen molar-refractivity contribution in [3.05, 3.63) is 35.6 Å². The Morgan fingerprint density at radius 2 is 2.11 bits per heavy atom. The third kappa shape index (κ3) is 3.91. The lowest BCUT2D eigenvalue weighted by atomic mass is 10.1. The third-order valence-electron chi connectivity index (χ3n) is 3.33. The zero-order valence-corrected chi connectivity index (χ0v) is 11.8. The van der Waals surface area contributed by atoms with Gasteiger partial charge in [-0.15, -0.1) is 12.4 Å². The summed E-state index contributed by atoms with van der Waals surface area (Å²) in [6, 6.07) is 6.35. The van der Waals surface area contributed by atoms with Gasteiger partial charge in [-0.25, -0.2) is 4.39 Å². The molecule has 0 saturated heterocycles. The van der Waals surface area contributed by atoms with E-state index in [2.05, 4.69) is 0 Å². The van der Waals surface area contributed by atoms with Crippen molar-refractivity contribution in [2.24, 2.45) is 5.73 Å². The predicted octanol–water partition coefficient (Wildman–Crippen LogP) is 2.48. The summed E-state index contributed by atoms with van der Waals surface area (Å²) in [4.78, 5) is 13.9. The number of rotatable bonds is 5. The average Bonchev–Trinajstić information content (AvgIpc) is 3.20. The van der Waals surface area contributed by atoms with Crippen molar-refractivity contribution < 1.29 is 9.18 Å². The molecule has 1 aromatic carbocycles. The highest BCUT2D eigenvalue weighted by Crippen LogP contribution is 2.29. The molecule has 1 atom stereocenters. The summed E-state index contributed by atoms with van der Waals surface area (Å²) in [5.74, 6) is -0.329. The SMILES string of the molecule is CC[C@H](N)C(=O)N(Cc1ccccc1F)C1CC1.Cl. The number of benzene rings is 1. The molecule has 0 bridgehead atoms. The Labute approximate surface area is 119 Å². The minimum Gasteiger partial charge on any atom is -0.334 e. The van der Waals surface area contributed by atoms with Crippen LogP contribution in [0.5, 0.6) is 0 Å². The Bertz CT molecular complexity index is 437. The van der Waals surface area contributed by atoms with Crippen LogP contribution in [0.25, 0.3) is 0 Å². The second-order valence-corrected chi connectivity index (χ2v) is 4.80. The maximum Gasteiger partial charge on any atom is 0.240 e. The topological polar surface area (TPSA) is 46.3 Å². The zero-order valence-electron chi connectivity index (χ0n) is 11.0. The molecule has 1 amide bonds. The van der Waals surface area contributed by atoms with Crippen LogP contribution in [0.15, 0.2) is 24.3 Å². The van der Waals surface area contributed by atoms with Gasteiger partial charge in [0.25, 0.3) is 0 Å². The molecule has 0 unspecified atom stereocenters. The maximum atomic E-state index is 13.6. The summed E-state index contributed by atoms with van der Waals surface area (Å²) in [5, 5.41) is 0. The van der Waals surface area contributed by atoms with E-state index < -0.39 is 6.04 Å². The first kappa shape index (κ1) is 15.9. The molecular formula is C14H20ClFN2O. The molecule has 1 saturated carbocycles. The van der Waals surface area contributed by atoms with Gasteiger partial charge in [0.1, 0.15) is 5.82 Å². The molecule has 19 heavy (non-hydrogen) atoms. The van der Waals surface area contributed by atoms with E-state index in [9.17, 15) is 9.18 Å². The molecule has 106 valence electrons. The van der Waals surface area contributed by atoms with Crippen LogP contribution >= 0.6 is 12.4 Å². The van der Waals surface area contributed by atoms with E-state index in [1.807, 2.05) is 6.92 Å². The summed E-state index contributed by atoms with van der Waals surface area (Å²) in [7, 11) is 0. The number of hydrogen-bond donors (Lipinski definition) is 1. The van der Waals surface area contributed by atoms with Gasteiger partial charge in [-0.05, 0) is 25.3 Å². The molecule has 5 heteroatoms. The minimum absolute atomic E-state index is 0. The highest BCUT2D eigenvalue weighted by molar-refractivity contribution is 5.85. The summed E-state index contributed by atoms with van der Waals surface area (Å²) in [5.41, 5.74) is 6.35. The van der Waals surface area contributed by atoms with Gasteiger partial charge in [-0.2, -0.15) is 0 Å². The molecule has 0 aliphatic heterocycles. The molecule has 1 fully saturated rings. The molecule has 2 N–H and O–H groups in total. The van der Waals surface area contributed by atoms with Gasteiger partial charge in [-0.3, -0.25) is 4.79 Å². The smallest absolute Gasteiger partial charge is 0.240 e. The van der Waals surface area contributed by atoms with Gasteiger partial charge < -0.3 is 10.6 Å². The molecule has 3 nitrogen and oxygen atoms in total. The predicted molar refractivity (Wildman–Crippen MR) is 75.5 cm³/mol. The van der Waals surface area contributed by atoms with Crippen LogP contribution in [0.4, 0.5) is 4.39 Å². The number of hydrogen-bond acceptors (Lipinski definition) is 2. The number of amides is 1. The van der Waals surface area contributed by atoms with Crippen molar-refractivity contribution in [3.8, 4) is 0 Å². The molecule has 1 aromatic rings. The van der Waals surface area contributed by atoms with Crippen molar-refractivity contribution in [1.82, 2.24) is 4.90 Å². The molecular weight excluding hydrogens is 267 g/mol. The van der Waals surface area contributed by atoms with E-state index in [-0.39, 0.29) is 30.2 Å².